The summed E-state index contributed by atoms with van der Waals surface area (Å²) in [5, 5.41) is 1.08. The van der Waals surface area contributed by atoms with Gasteiger partial charge in [0.05, 0.1) is 0 Å². The minimum atomic E-state index is -0.539. The highest BCUT2D eigenvalue weighted by atomic mass is 16.5. The molecule has 0 aliphatic heterocycles. The summed E-state index contributed by atoms with van der Waals surface area (Å²) in [6, 6.07) is 7.34. The van der Waals surface area contributed by atoms with Gasteiger partial charge >= 0.3 is 5.97 Å². The van der Waals surface area contributed by atoms with Crippen LogP contribution in [-0.4, -0.2) is 11.0 Å². The van der Waals surface area contributed by atoms with Gasteiger partial charge < -0.3 is 9.72 Å². The van der Waals surface area contributed by atoms with Crippen LogP contribution in [-0.2, 0) is 4.79 Å². The average molecular weight is 199 g/mol. The van der Waals surface area contributed by atoms with Gasteiger partial charge in [-0.3, -0.25) is 0 Å². The number of esters is 1. The topological polar surface area (TPSA) is 42.1 Å². The van der Waals surface area contributed by atoms with E-state index in [-0.39, 0.29) is 0 Å². The van der Waals surface area contributed by atoms with E-state index in [9.17, 15) is 4.79 Å². The van der Waals surface area contributed by atoms with Crippen LogP contribution in [0.1, 0.15) is 6.92 Å². The van der Waals surface area contributed by atoms with E-state index in [1.807, 2.05) is 18.3 Å². The Kier molecular flexibility index (Phi) is 2.42. The van der Waals surface area contributed by atoms with Crippen molar-refractivity contribution in [1.82, 2.24) is 4.98 Å². The van der Waals surface area contributed by atoms with Gasteiger partial charge in [0.15, 0.2) is 0 Å². The van der Waals surface area contributed by atoms with E-state index in [2.05, 4.69) is 16.8 Å². The summed E-state index contributed by atoms with van der Waals surface area (Å²) in [6.45, 7) is 1.59. The molecule has 15 heavy (non-hydrogen) atoms. The maximum absolute atomic E-state index is 11.1. The van der Waals surface area contributed by atoms with Crippen molar-refractivity contribution in [2.45, 2.75) is 6.92 Å². The molecule has 0 fully saturated rings. The lowest BCUT2D eigenvalue weighted by Crippen LogP contribution is -2.03. The number of rotatable bonds is 1. The zero-order valence-corrected chi connectivity index (χ0v) is 8.20. The molecule has 74 valence electrons. The fraction of sp³-hybridized carbons (Fsp3) is 0.0833. The van der Waals surface area contributed by atoms with E-state index >= 15 is 0 Å². The highest BCUT2D eigenvalue weighted by molar-refractivity contribution is 5.90. The van der Waals surface area contributed by atoms with Crippen LogP contribution in [0.25, 0.3) is 10.9 Å². The fourth-order valence-corrected chi connectivity index (χ4v) is 1.33. The number of carbonyl (C=O) groups excluding carboxylic acids is 1. The number of H-pyrrole nitrogens is 1. The van der Waals surface area contributed by atoms with Crippen LogP contribution in [0.15, 0.2) is 30.5 Å². The van der Waals surface area contributed by atoms with Crippen molar-refractivity contribution < 1.29 is 9.53 Å². The molecule has 0 amide bonds. The Hall–Kier alpha value is -2.21. The molecule has 0 saturated heterocycles. The minimum Gasteiger partial charge on any atom is -0.417 e. The van der Waals surface area contributed by atoms with Crippen molar-refractivity contribution in [2.24, 2.45) is 0 Å². The first kappa shape index (κ1) is 9.35. The molecule has 1 aromatic heterocycles. The van der Waals surface area contributed by atoms with Crippen molar-refractivity contribution in [3.05, 3.63) is 30.5 Å². The Morgan fingerprint density at radius 3 is 3.07 bits per heavy atom. The fourth-order valence-electron chi connectivity index (χ4n) is 1.33. The third-order valence-corrected chi connectivity index (χ3v) is 1.96. The molecule has 0 spiro atoms. The Morgan fingerprint density at radius 1 is 1.40 bits per heavy atom. The molecule has 2 aromatic rings. The summed E-state index contributed by atoms with van der Waals surface area (Å²) < 4.78 is 5.00. The van der Waals surface area contributed by atoms with Crippen LogP contribution in [0, 0.1) is 11.8 Å². The van der Waals surface area contributed by atoms with Crippen LogP contribution in [0.3, 0.4) is 0 Å². The predicted molar refractivity (Wildman–Crippen MR) is 57.4 cm³/mol. The number of ether oxygens (including phenoxy) is 1. The third-order valence-electron chi connectivity index (χ3n) is 1.96. The zero-order valence-electron chi connectivity index (χ0n) is 8.20. The van der Waals surface area contributed by atoms with E-state index in [1.165, 1.54) is 0 Å². The molecule has 1 aromatic carbocycles. The standard InChI is InChI=1S/C12H9NO2/c1-2-3-12(14)15-10-5-4-9-6-7-13-11(9)8-10/h4-8,13H,1H3. The van der Waals surface area contributed by atoms with Crippen LogP contribution in [0.5, 0.6) is 5.75 Å². The van der Waals surface area contributed by atoms with Gasteiger partial charge in [-0.05, 0) is 30.5 Å². The molecule has 0 aliphatic rings. The van der Waals surface area contributed by atoms with Crippen LogP contribution in [0.4, 0.5) is 0 Å². The molecular weight excluding hydrogens is 190 g/mol. The Bertz CT molecular complexity index is 557. The molecule has 0 atom stereocenters. The maximum Gasteiger partial charge on any atom is 0.389 e. The molecule has 0 radical (unpaired) electrons. The third kappa shape index (κ3) is 2.00. The summed E-state index contributed by atoms with van der Waals surface area (Å²) in [4.78, 5) is 14.1. The number of benzene rings is 1. The summed E-state index contributed by atoms with van der Waals surface area (Å²) in [5.41, 5.74) is 0.935. The largest absolute Gasteiger partial charge is 0.417 e. The summed E-state index contributed by atoms with van der Waals surface area (Å²) >= 11 is 0. The van der Waals surface area contributed by atoms with Gasteiger partial charge in [0, 0.05) is 23.7 Å². The quantitative estimate of drug-likeness (QED) is 0.331. The molecule has 0 bridgehead atoms. The molecule has 0 unspecified atom stereocenters. The van der Waals surface area contributed by atoms with Gasteiger partial charge in [-0.2, -0.15) is 0 Å². The first-order valence-corrected chi connectivity index (χ1v) is 4.51. The molecule has 1 heterocycles. The summed E-state index contributed by atoms with van der Waals surface area (Å²) in [7, 11) is 0. The van der Waals surface area contributed by atoms with Crippen molar-refractivity contribution in [2.75, 3.05) is 0 Å². The molecule has 3 heteroatoms. The maximum atomic E-state index is 11.1. The number of carbonyl (C=O) groups is 1. The smallest absolute Gasteiger partial charge is 0.389 e. The normalized spacial score (nSPS) is 9.40. The number of fused-ring (bicyclic) bond motifs is 1. The molecule has 1 N–H and O–H groups in total. The molecule has 0 aliphatic carbocycles. The second-order valence-electron chi connectivity index (χ2n) is 2.99. The lowest BCUT2D eigenvalue weighted by Gasteiger charge is -1.99. The van der Waals surface area contributed by atoms with E-state index < -0.39 is 5.97 Å². The monoisotopic (exact) mass is 199 g/mol. The van der Waals surface area contributed by atoms with Crippen molar-refractivity contribution in [3.63, 3.8) is 0 Å². The van der Waals surface area contributed by atoms with Gasteiger partial charge in [-0.25, -0.2) is 4.79 Å². The van der Waals surface area contributed by atoms with Crippen molar-refractivity contribution in [3.8, 4) is 17.6 Å². The minimum absolute atomic E-state index is 0.498. The molecule has 2 rings (SSSR count). The highest BCUT2D eigenvalue weighted by Gasteiger charge is 2.01. The lowest BCUT2D eigenvalue weighted by atomic mass is 10.2. The first-order valence-electron chi connectivity index (χ1n) is 4.51. The van der Waals surface area contributed by atoms with Crippen LogP contribution < -0.4 is 4.74 Å². The Morgan fingerprint density at radius 2 is 2.27 bits per heavy atom. The predicted octanol–water partition coefficient (Wildman–Crippen LogP) is 2.10. The average Bonchev–Trinajstić information content (AvgIpc) is 2.65. The number of hydrogen-bond donors (Lipinski definition) is 1. The summed E-state index contributed by atoms with van der Waals surface area (Å²) in [6.07, 6.45) is 1.84. The molecule has 3 nitrogen and oxygen atoms in total. The van der Waals surface area contributed by atoms with E-state index in [1.54, 1.807) is 19.1 Å². The van der Waals surface area contributed by atoms with Crippen LogP contribution >= 0.6 is 0 Å². The Labute approximate surface area is 87.1 Å². The van der Waals surface area contributed by atoms with Gasteiger partial charge in [-0.15, -0.1) is 0 Å². The zero-order chi connectivity index (χ0) is 10.7. The summed E-state index contributed by atoms with van der Waals surface area (Å²) in [5.74, 6) is 4.76. The van der Waals surface area contributed by atoms with Gasteiger partial charge in [0.25, 0.3) is 0 Å². The SMILES string of the molecule is CC#CC(=O)Oc1ccc2cc[nH]c2c1. The van der Waals surface area contributed by atoms with Crippen LogP contribution in [0.2, 0.25) is 0 Å². The van der Waals surface area contributed by atoms with Gasteiger partial charge in [0.1, 0.15) is 5.75 Å². The van der Waals surface area contributed by atoms with E-state index in [4.69, 9.17) is 4.74 Å². The van der Waals surface area contributed by atoms with E-state index in [0.29, 0.717) is 5.75 Å². The number of nitrogens with one attached hydrogen (secondary N) is 1. The van der Waals surface area contributed by atoms with Gasteiger partial charge in [-0.1, -0.05) is 5.92 Å². The molecule has 0 saturated carbocycles. The highest BCUT2D eigenvalue weighted by Crippen LogP contribution is 2.19. The second kappa shape index (κ2) is 3.89. The second-order valence-corrected chi connectivity index (χ2v) is 2.99. The van der Waals surface area contributed by atoms with Crippen molar-refractivity contribution in [1.29, 1.82) is 0 Å². The number of hydrogen-bond acceptors (Lipinski definition) is 2. The Balaban J connectivity index is 2.27. The lowest BCUT2D eigenvalue weighted by molar-refractivity contribution is -0.128. The molecular formula is C12H9NO2. The van der Waals surface area contributed by atoms with Crippen molar-refractivity contribution >= 4 is 16.9 Å². The number of aromatic amines is 1. The first-order chi connectivity index (χ1) is 7.29. The van der Waals surface area contributed by atoms with E-state index in [0.717, 1.165) is 10.9 Å². The number of aromatic nitrogens is 1. The van der Waals surface area contributed by atoms with Gasteiger partial charge in [0.2, 0.25) is 0 Å².